The van der Waals surface area contributed by atoms with Crippen LogP contribution in [-0.2, 0) is 23.9 Å². The van der Waals surface area contributed by atoms with E-state index >= 15 is 0 Å². The average Bonchev–Trinajstić information content (AvgIpc) is 2.92. The number of aliphatic hydroxyl groups is 1. The molecule has 8 nitrogen and oxygen atoms in total. The molecule has 0 aliphatic carbocycles. The lowest BCUT2D eigenvalue weighted by atomic mass is 9.93. The highest BCUT2D eigenvalue weighted by molar-refractivity contribution is 5.83. The second kappa shape index (κ2) is 11.6. The number of carbonyl (C=O) groups is 1. The fourth-order valence-electron chi connectivity index (χ4n) is 4.36. The minimum Gasteiger partial charge on any atom is -0.494 e. The van der Waals surface area contributed by atoms with Crippen LogP contribution in [0.3, 0.4) is 0 Å². The molecule has 0 aliphatic rings. The Hall–Kier alpha value is -4.25. The van der Waals surface area contributed by atoms with Gasteiger partial charge in [-0.25, -0.2) is 4.68 Å². The number of carboxylic acid groups (broad SMARTS) is 1. The number of aliphatic hydroxyl groups excluding tert-OH is 1. The summed E-state index contributed by atoms with van der Waals surface area (Å²) in [6, 6.07) is 16.8. The number of aryl methyl sites for hydroxylation is 2. The molecular weight excluding hydrogens is 515 g/mol. The first-order valence-electron chi connectivity index (χ1n) is 12.2. The number of nitrogens with zero attached hydrogens (tertiary/aromatic N) is 3. The van der Waals surface area contributed by atoms with Crippen molar-refractivity contribution in [1.29, 1.82) is 0 Å². The number of hydrogen-bond acceptors (Lipinski definition) is 6. The summed E-state index contributed by atoms with van der Waals surface area (Å²) in [5.74, 6) is -1.93. The van der Waals surface area contributed by atoms with Gasteiger partial charge >= 0.3 is 12.1 Å². The van der Waals surface area contributed by atoms with Gasteiger partial charge in [0.2, 0.25) is 0 Å². The predicted octanol–water partition coefficient (Wildman–Crippen LogP) is 4.57. The highest BCUT2D eigenvalue weighted by Crippen LogP contribution is 2.31. The molecule has 11 heteroatoms. The van der Waals surface area contributed by atoms with Crippen molar-refractivity contribution in [3.05, 3.63) is 88.2 Å². The molecule has 0 unspecified atom stereocenters. The summed E-state index contributed by atoms with van der Waals surface area (Å²) in [5, 5.41) is 28.5. The first-order valence-corrected chi connectivity index (χ1v) is 12.2. The normalized spacial score (nSPS) is 13.3. The Bertz CT molecular complexity index is 1500. The number of aromatic nitrogens is 3. The minimum absolute atomic E-state index is 0.0343. The van der Waals surface area contributed by atoms with Gasteiger partial charge in [0.15, 0.2) is 0 Å². The Labute approximate surface area is 221 Å². The van der Waals surface area contributed by atoms with E-state index < -0.39 is 35.3 Å². The molecule has 4 rings (SSSR count). The van der Waals surface area contributed by atoms with Crippen molar-refractivity contribution in [3.63, 3.8) is 0 Å². The second-order valence-corrected chi connectivity index (χ2v) is 9.09. The highest BCUT2D eigenvalue weighted by atomic mass is 19.4. The molecule has 0 spiro atoms. The predicted molar refractivity (Wildman–Crippen MR) is 137 cm³/mol. The number of rotatable bonds is 10. The van der Waals surface area contributed by atoms with E-state index in [1.165, 1.54) is 19.2 Å². The zero-order valence-corrected chi connectivity index (χ0v) is 20.9. The number of hydrogen-bond donors (Lipinski definition) is 2. The van der Waals surface area contributed by atoms with E-state index in [-0.39, 0.29) is 24.8 Å². The highest BCUT2D eigenvalue weighted by Gasteiger charge is 2.30. The van der Waals surface area contributed by atoms with Gasteiger partial charge in [-0.15, -0.1) is 5.10 Å². The summed E-state index contributed by atoms with van der Waals surface area (Å²) in [4.78, 5) is 24.7. The van der Waals surface area contributed by atoms with Crippen LogP contribution < -0.4 is 10.3 Å². The van der Waals surface area contributed by atoms with E-state index in [0.717, 1.165) is 27.9 Å². The summed E-state index contributed by atoms with van der Waals surface area (Å²) >= 11 is 0. The lowest BCUT2D eigenvalue weighted by molar-refractivity contribution is -0.146. The molecule has 39 heavy (non-hydrogen) atoms. The summed E-state index contributed by atoms with van der Waals surface area (Å²) < 4.78 is 44.6. The molecule has 204 valence electrons. The zero-order chi connectivity index (χ0) is 28.2. The quantitative estimate of drug-likeness (QED) is 0.302. The maximum absolute atomic E-state index is 12.8. The van der Waals surface area contributed by atoms with Gasteiger partial charge in [-0.3, -0.25) is 9.59 Å². The van der Waals surface area contributed by atoms with Crippen LogP contribution in [-0.4, -0.2) is 44.4 Å². The number of fused-ring (bicyclic) bond motifs is 1. The summed E-state index contributed by atoms with van der Waals surface area (Å²) in [5.41, 5.74) is 1.34. The Morgan fingerprint density at radius 1 is 1.00 bits per heavy atom. The first kappa shape index (κ1) is 27.8. The van der Waals surface area contributed by atoms with Crippen LogP contribution in [0.1, 0.15) is 24.0 Å². The fraction of sp³-hybridized carbons (Fsp3) is 0.286. The number of methoxy groups -OCH3 is 1. The smallest absolute Gasteiger partial charge is 0.416 e. The van der Waals surface area contributed by atoms with E-state index in [0.29, 0.717) is 23.3 Å². The molecule has 2 N–H and O–H groups in total. The average molecular weight is 542 g/mol. The Morgan fingerprint density at radius 3 is 2.23 bits per heavy atom. The number of carboxylic acids is 1. The van der Waals surface area contributed by atoms with Crippen molar-refractivity contribution in [3.8, 4) is 16.9 Å². The summed E-state index contributed by atoms with van der Waals surface area (Å²) in [6.07, 6.45) is -5.07. The van der Waals surface area contributed by atoms with E-state index in [1.54, 1.807) is 42.5 Å². The van der Waals surface area contributed by atoms with Gasteiger partial charge in [-0.2, -0.15) is 13.2 Å². The molecule has 0 fully saturated rings. The van der Waals surface area contributed by atoms with Gasteiger partial charge in [0.1, 0.15) is 11.3 Å². The Morgan fingerprint density at radius 2 is 1.64 bits per heavy atom. The van der Waals surface area contributed by atoms with Crippen LogP contribution in [0.4, 0.5) is 13.2 Å². The SMILES string of the molecule is COc1cccc2c(=O)n(CC[C@H](C(=O)O)[C@H](O)CCc3ccc(-c4ccc(C(F)(F)F)cc4)cc3)nnc12. The van der Waals surface area contributed by atoms with Crippen LogP contribution in [0.15, 0.2) is 71.5 Å². The van der Waals surface area contributed by atoms with Crippen LogP contribution in [0.2, 0.25) is 0 Å². The third-order valence-electron chi connectivity index (χ3n) is 6.60. The van der Waals surface area contributed by atoms with E-state index in [2.05, 4.69) is 10.3 Å². The Kier molecular flexibility index (Phi) is 8.29. The fourth-order valence-corrected chi connectivity index (χ4v) is 4.36. The molecule has 0 amide bonds. The lowest BCUT2D eigenvalue weighted by Gasteiger charge is -2.19. The van der Waals surface area contributed by atoms with Crippen molar-refractivity contribution in [1.82, 2.24) is 15.0 Å². The third-order valence-corrected chi connectivity index (χ3v) is 6.60. The van der Waals surface area contributed by atoms with E-state index in [4.69, 9.17) is 4.74 Å². The van der Waals surface area contributed by atoms with Crippen molar-refractivity contribution in [2.24, 2.45) is 5.92 Å². The van der Waals surface area contributed by atoms with Gasteiger partial charge < -0.3 is 14.9 Å². The molecule has 2 atom stereocenters. The van der Waals surface area contributed by atoms with Crippen LogP contribution in [0.25, 0.3) is 22.0 Å². The molecule has 0 aliphatic heterocycles. The van der Waals surface area contributed by atoms with Crippen molar-refractivity contribution in [2.45, 2.75) is 38.1 Å². The van der Waals surface area contributed by atoms with Crippen LogP contribution in [0, 0.1) is 5.92 Å². The monoisotopic (exact) mass is 541 g/mol. The number of aliphatic carboxylic acids is 1. The second-order valence-electron chi connectivity index (χ2n) is 9.09. The Balaban J connectivity index is 1.38. The van der Waals surface area contributed by atoms with Crippen LogP contribution >= 0.6 is 0 Å². The molecule has 4 aromatic rings. The number of alkyl halides is 3. The number of benzene rings is 3. The summed E-state index contributed by atoms with van der Waals surface area (Å²) in [6.45, 7) is -0.0468. The van der Waals surface area contributed by atoms with E-state index in [1.807, 2.05) is 0 Å². The lowest BCUT2D eigenvalue weighted by Crippen LogP contribution is -2.32. The minimum atomic E-state index is -4.40. The summed E-state index contributed by atoms with van der Waals surface area (Å²) in [7, 11) is 1.45. The van der Waals surface area contributed by atoms with Gasteiger partial charge in [0, 0.05) is 6.54 Å². The van der Waals surface area contributed by atoms with Crippen molar-refractivity contribution >= 4 is 16.9 Å². The third kappa shape index (κ3) is 6.43. The van der Waals surface area contributed by atoms with Gasteiger partial charge in [0.25, 0.3) is 5.56 Å². The van der Waals surface area contributed by atoms with Gasteiger partial charge in [-0.05, 0) is 60.2 Å². The largest absolute Gasteiger partial charge is 0.494 e. The van der Waals surface area contributed by atoms with Gasteiger partial charge in [0.05, 0.1) is 30.1 Å². The molecule has 0 radical (unpaired) electrons. The molecular formula is C28H26F3N3O5. The van der Waals surface area contributed by atoms with Crippen LogP contribution in [0.5, 0.6) is 5.75 Å². The van der Waals surface area contributed by atoms with E-state index in [9.17, 15) is 33.0 Å². The van der Waals surface area contributed by atoms with Crippen molar-refractivity contribution < 1.29 is 32.9 Å². The molecule has 1 heterocycles. The number of halogens is 3. The standard InChI is InChI=1S/C28H26F3N3O5/c1-39-24-4-2-3-22-25(24)32-33-34(26(22)36)16-15-21(27(37)38)23(35)14-7-17-5-8-18(9-6-17)19-10-12-20(13-11-19)28(29,30)31/h2-6,8-13,21,23,35H,7,14-16H2,1H3,(H,37,38)/t21-,23+/m0/s1. The first-order chi connectivity index (χ1) is 18.6. The molecule has 0 saturated heterocycles. The van der Waals surface area contributed by atoms with Crippen molar-refractivity contribution in [2.75, 3.05) is 7.11 Å². The topological polar surface area (TPSA) is 115 Å². The number of ether oxygens (including phenoxy) is 1. The maximum atomic E-state index is 12.8. The molecule has 1 aromatic heterocycles. The molecule has 0 saturated carbocycles. The molecule has 3 aromatic carbocycles. The zero-order valence-electron chi connectivity index (χ0n) is 20.9. The maximum Gasteiger partial charge on any atom is 0.416 e. The van der Waals surface area contributed by atoms with Gasteiger partial charge in [-0.1, -0.05) is 47.7 Å². The molecule has 0 bridgehead atoms.